The zero-order valence-corrected chi connectivity index (χ0v) is 13.7. The van der Waals surface area contributed by atoms with Crippen LogP contribution >= 0.6 is 0 Å². The number of hydrogen-bond acceptors (Lipinski definition) is 3. The molecule has 1 aliphatic carbocycles. The van der Waals surface area contributed by atoms with Crippen molar-refractivity contribution in [1.29, 1.82) is 0 Å². The minimum Gasteiger partial charge on any atom is -0.390 e. The summed E-state index contributed by atoms with van der Waals surface area (Å²) in [7, 11) is 0. The summed E-state index contributed by atoms with van der Waals surface area (Å²) in [5.41, 5.74) is 3.75. The largest absolute Gasteiger partial charge is 0.390 e. The third kappa shape index (κ3) is 3.19. The molecule has 3 aromatic rings. The molecule has 2 aromatic carbocycles. The summed E-state index contributed by atoms with van der Waals surface area (Å²) in [6.45, 7) is 0.670. The van der Waals surface area contributed by atoms with E-state index in [1.54, 1.807) is 18.3 Å². The Kier molecular flexibility index (Phi) is 4.07. The molecule has 5 heteroatoms. The molecule has 5 nitrogen and oxygen atoms in total. The normalized spacial score (nSPS) is 18.8. The van der Waals surface area contributed by atoms with Gasteiger partial charge in [0.15, 0.2) is 0 Å². The maximum absolute atomic E-state index is 12.5. The van der Waals surface area contributed by atoms with Gasteiger partial charge in [-0.25, -0.2) is 0 Å². The van der Waals surface area contributed by atoms with Gasteiger partial charge in [-0.2, -0.15) is 5.10 Å². The Morgan fingerprint density at radius 1 is 1.16 bits per heavy atom. The van der Waals surface area contributed by atoms with Gasteiger partial charge in [0.25, 0.3) is 5.91 Å². The summed E-state index contributed by atoms with van der Waals surface area (Å²) in [6.07, 6.45) is 3.64. The molecule has 4 rings (SSSR count). The molecule has 0 saturated carbocycles. The highest BCUT2D eigenvalue weighted by atomic mass is 16.3. The van der Waals surface area contributed by atoms with Crippen molar-refractivity contribution in [3.63, 3.8) is 0 Å². The molecular weight excluding hydrogens is 314 g/mol. The monoisotopic (exact) mass is 333 g/mol. The zero-order valence-electron chi connectivity index (χ0n) is 13.7. The van der Waals surface area contributed by atoms with E-state index in [0.717, 1.165) is 16.7 Å². The Morgan fingerprint density at radius 2 is 1.96 bits per heavy atom. The molecule has 0 saturated heterocycles. The van der Waals surface area contributed by atoms with E-state index in [2.05, 4.69) is 10.4 Å². The van der Waals surface area contributed by atoms with Crippen LogP contribution in [-0.2, 0) is 13.0 Å². The standard InChI is InChI=1S/C20H19N3O2/c24-18-12-16-4-1-2-5-17(16)19(18)22-20(25)15-8-6-14(7-9-15)13-23-11-3-10-21-23/h1-11,18-19,24H,12-13H2,(H,22,25)/t18-,19+/m0/s1. The van der Waals surface area contributed by atoms with Crippen molar-refractivity contribution in [1.82, 2.24) is 15.1 Å². The lowest BCUT2D eigenvalue weighted by atomic mass is 10.1. The average Bonchev–Trinajstić information content (AvgIpc) is 3.24. The Hall–Kier alpha value is -2.92. The minimum absolute atomic E-state index is 0.175. The quantitative estimate of drug-likeness (QED) is 0.770. The predicted molar refractivity (Wildman–Crippen MR) is 94.1 cm³/mol. The van der Waals surface area contributed by atoms with Gasteiger partial charge >= 0.3 is 0 Å². The maximum atomic E-state index is 12.5. The Bertz CT molecular complexity index is 872. The number of carbonyl (C=O) groups is 1. The molecule has 126 valence electrons. The van der Waals surface area contributed by atoms with Crippen molar-refractivity contribution < 1.29 is 9.90 Å². The van der Waals surface area contributed by atoms with Crippen molar-refractivity contribution in [3.8, 4) is 0 Å². The molecular formula is C20H19N3O2. The van der Waals surface area contributed by atoms with Gasteiger partial charge in [0, 0.05) is 24.4 Å². The maximum Gasteiger partial charge on any atom is 0.251 e. The molecule has 0 spiro atoms. The molecule has 25 heavy (non-hydrogen) atoms. The van der Waals surface area contributed by atoms with Gasteiger partial charge in [-0.3, -0.25) is 9.48 Å². The second kappa shape index (κ2) is 6.53. The van der Waals surface area contributed by atoms with E-state index in [-0.39, 0.29) is 11.9 Å². The number of aliphatic hydroxyl groups excluding tert-OH is 1. The van der Waals surface area contributed by atoms with Crippen LogP contribution in [0.2, 0.25) is 0 Å². The molecule has 0 fully saturated rings. The Labute approximate surface area is 145 Å². The van der Waals surface area contributed by atoms with Crippen LogP contribution < -0.4 is 5.32 Å². The number of hydrogen-bond donors (Lipinski definition) is 2. The summed E-state index contributed by atoms with van der Waals surface area (Å²) < 4.78 is 1.83. The smallest absolute Gasteiger partial charge is 0.251 e. The summed E-state index contributed by atoms with van der Waals surface area (Å²) in [5, 5.41) is 17.4. The van der Waals surface area contributed by atoms with Crippen LogP contribution in [0.1, 0.15) is 33.1 Å². The van der Waals surface area contributed by atoms with Crippen LogP contribution in [0.25, 0.3) is 0 Å². The Morgan fingerprint density at radius 3 is 2.72 bits per heavy atom. The molecule has 1 amide bonds. The van der Waals surface area contributed by atoms with E-state index >= 15 is 0 Å². The third-order valence-corrected chi connectivity index (χ3v) is 4.61. The molecule has 1 heterocycles. The molecule has 0 radical (unpaired) electrons. The van der Waals surface area contributed by atoms with E-state index in [1.165, 1.54) is 0 Å². The van der Waals surface area contributed by atoms with E-state index in [1.807, 2.05) is 53.3 Å². The number of carbonyl (C=O) groups excluding carboxylic acids is 1. The van der Waals surface area contributed by atoms with E-state index in [4.69, 9.17) is 0 Å². The highest BCUT2D eigenvalue weighted by Gasteiger charge is 2.31. The number of amides is 1. The van der Waals surface area contributed by atoms with Gasteiger partial charge in [-0.15, -0.1) is 0 Å². The van der Waals surface area contributed by atoms with Crippen molar-refractivity contribution in [2.24, 2.45) is 0 Å². The van der Waals surface area contributed by atoms with E-state index in [9.17, 15) is 9.90 Å². The van der Waals surface area contributed by atoms with Crippen LogP contribution in [0, 0.1) is 0 Å². The van der Waals surface area contributed by atoms with Gasteiger partial charge in [0.05, 0.1) is 18.7 Å². The van der Waals surface area contributed by atoms with E-state index < -0.39 is 6.10 Å². The van der Waals surface area contributed by atoms with Crippen LogP contribution in [0.4, 0.5) is 0 Å². The zero-order chi connectivity index (χ0) is 17.2. The van der Waals surface area contributed by atoms with Gasteiger partial charge in [-0.05, 0) is 34.9 Å². The fraction of sp³-hybridized carbons (Fsp3) is 0.200. The number of rotatable bonds is 4. The minimum atomic E-state index is -0.583. The van der Waals surface area contributed by atoms with Crippen molar-refractivity contribution >= 4 is 5.91 Å². The number of nitrogens with zero attached hydrogens (tertiary/aromatic N) is 2. The van der Waals surface area contributed by atoms with Crippen LogP contribution in [-0.4, -0.2) is 26.9 Å². The first-order valence-electron chi connectivity index (χ1n) is 8.34. The highest BCUT2D eigenvalue weighted by molar-refractivity contribution is 5.94. The van der Waals surface area contributed by atoms with Gasteiger partial charge in [-0.1, -0.05) is 36.4 Å². The van der Waals surface area contributed by atoms with Gasteiger partial charge in [0.1, 0.15) is 0 Å². The molecule has 2 N–H and O–H groups in total. The van der Waals surface area contributed by atoms with Crippen LogP contribution in [0.15, 0.2) is 67.0 Å². The molecule has 2 atom stereocenters. The van der Waals surface area contributed by atoms with Gasteiger partial charge < -0.3 is 10.4 Å². The number of nitrogens with one attached hydrogen (secondary N) is 1. The molecule has 1 aromatic heterocycles. The van der Waals surface area contributed by atoms with Crippen molar-refractivity contribution in [2.75, 3.05) is 0 Å². The molecule has 0 bridgehead atoms. The second-order valence-corrected chi connectivity index (χ2v) is 6.32. The first-order chi connectivity index (χ1) is 12.2. The molecule has 0 unspecified atom stereocenters. The fourth-order valence-corrected chi connectivity index (χ4v) is 3.32. The Balaban J connectivity index is 1.46. The number of benzene rings is 2. The first kappa shape index (κ1) is 15.6. The first-order valence-corrected chi connectivity index (χ1v) is 8.34. The van der Waals surface area contributed by atoms with Crippen LogP contribution in [0.3, 0.4) is 0 Å². The second-order valence-electron chi connectivity index (χ2n) is 6.32. The highest BCUT2D eigenvalue weighted by Crippen LogP contribution is 2.31. The molecule has 0 aliphatic heterocycles. The number of aliphatic hydroxyl groups is 1. The number of fused-ring (bicyclic) bond motifs is 1. The lowest BCUT2D eigenvalue weighted by Gasteiger charge is -2.18. The SMILES string of the molecule is O=C(N[C@@H]1c2ccccc2C[C@@H]1O)c1ccc(Cn2cccn2)cc1. The summed E-state index contributed by atoms with van der Waals surface area (Å²) in [4.78, 5) is 12.5. The summed E-state index contributed by atoms with van der Waals surface area (Å²) >= 11 is 0. The summed E-state index contributed by atoms with van der Waals surface area (Å²) in [5.74, 6) is -0.175. The number of aromatic nitrogens is 2. The topological polar surface area (TPSA) is 67.2 Å². The lowest BCUT2D eigenvalue weighted by molar-refractivity contribution is 0.0858. The third-order valence-electron chi connectivity index (χ3n) is 4.61. The fourth-order valence-electron chi connectivity index (χ4n) is 3.32. The predicted octanol–water partition coefficient (Wildman–Crippen LogP) is 2.32. The van der Waals surface area contributed by atoms with Crippen molar-refractivity contribution in [2.45, 2.75) is 25.1 Å². The molecule has 1 aliphatic rings. The summed E-state index contributed by atoms with van der Waals surface area (Å²) in [6, 6.07) is 16.8. The van der Waals surface area contributed by atoms with Crippen molar-refractivity contribution in [3.05, 3.63) is 89.2 Å². The van der Waals surface area contributed by atoms with Crippen LogP contribution in [0.5, 0.6) is 0 Å². The average molecular weight is 333 g/mol. The van der Waals surface area contributed by atoms with E-state index in [0.29, 0.717) is 18.5 Å². The lowest BCUT2D eigenvalue weighted by Crippen LogP contribution is -2.33. The van der Waals surface area contributed by atoms with Gasteiger partial charge in [0.2, 0.25) is 0 Å².